The second kappa shape index (κ2) is 15.3. The topological polar surface area (TPSA) is 0 Å². The van der Waals surface area contributed by atoms with E-state index in [0.29, 0.717) is 0 Å². The Balaban J connectivity index is 0.000000339. The van der Waals surface area contributed by atoms with Crippen LogP contribution in [0.1, 0.15) is 37.5 Å². The van der Waals surface area contributed by atoms with Crippen LogP contribution in [-0.4, -0.2) is 0 Å². The fourth-order valence-electron chi connectivity index (χ4n) is 1.94. The summed E-state index contributed by atoms with van der Waals surface area (Å²) in [6.45, 7) is 6.11. The van der Waals surface area contributed by atoms with Crippen molar-refractivity contribution in [3.63, 3.8) is 0 Å². The first-order valence-corrected chi connectivity index (χ1v) is 8.33. The van der Waals surface area contributed by atoms with Gasteiger partial charge in [0.05, 0.1) is 0 Å². The summed E-state index contributed by atoms with van der Waals surface area (Å²) in [5.41, 5.74) is 3.85. The Bertz CT molecular complexity index is 524. The van der Waals surface area contributed by atoms with E-state index in [1.807, 2.05) is 75.4 Å². The van der Waals surface area contributed by atoms with Crippen molar-refractivity contribution in [1.82, 2.24) is 0 Å². The Kier molecular flexibility index (Phi) is 14.0. The van der Waals surface area contributed by atoms with Crippen LogP contribution in [0.5, 0.6) is 0 Å². The molecular weight excluding hydrogens is 340 g/mol. The van der Waals surface area contributed by atoms with Crippen molar-refractivity contribution in [2.75, 3.05) is 0 Å². The zero-order valence-electron chi connectivity index (χ0n) is 15.3. The molecule has 0 atom stereocenters. The van der Waals surface area contributed by atoms with E-state index in [1.165, 1.54) is 16.7 Å². The molecule has 25 heavy (non-hydrogen) atoms. The summed E-state index contributed by atoms with van der Waals surface area (Å²) in [5.74, 6) is 0. The standard InChI is InChI=1S/3C8H9.Cr/c3*1-2-8-6-4-3-5-7-8;/h3*2-7H,1H3;/q3*-1;+3. The molecule has 129 valence electrons. The predicted octanol–water partition coefficient (Wildman–Crippen LogP) is 6.77. The van der Waals surface area contributed by atoms with Crippen LogP contribution in [0.4, 0.5) is 0 Å². The maximum atomic E-state index is 2.08. The van der Waals surface area contributed by atoms with Crippen molar-refractivity contribution in [3.8, 4) is 0 Å². The van der Waals surface area contributed by atoms with Crippen molar-refractivity contribution < 1.29 is 17.4 Å². The third-order valence-electron chi connectivity index (χ3n) is 3.40. The molecule has 3 aromatic carbocycles. The third kappa shape index (κ3) is 11.1. The summed E-state index contributed by atoms with van der Waals surface area (Å²) in [6, 6.07) is 30.8. The molecule has 0 spiro atoms. The van der Waals surface area contributed by atoms with Gasteiger partial charge < -0.3 is 0 Å². The maximum Gasteiger partial charge on any atom is 3.00 e. The van der Waals surface area contributed by atoms with Gasteiger partial charge in [-0.1, -0.05) is 39.0 Å². The fraction of sp³-hybridized carbons (Fsp3) is 0.125. The minimum Gasteiger partial charge on any atom is -0.192 e. The van der Waals surface area contributed by atoms with Gasteiger partial charge in [0.2, 0.25) is 0 Å². The van der Waals surface area contributed by atoms with Gasteiger partial charge in [-0.05, 0) is 0 Å². The summed E-state index contributed by atoms with van der Waals surface area (Å²) < 4.78 is 0. The van der Waals surface area contributed by atoms with Crippen LogP contribution in [0.2, 0.25) is 0 Å². The van der Waals surface area contributed by atoms with Gasteiger partial charge in [0.1, 0.15) is 0 Å². The molecule has 3 rings (SSSR count). The van der Waals surface area contributed by atoms with E-state index in [9.17, 15) is 0 Å². The largest absolute Gasteiger partial charge is 3.00 e. The molecule has 0 aliphatic carbocycles. The van der Waals surface area contributed by atoms with Gasteiger partial charge >= 0.3 is 17.4 Å². The van der Waals surface area contributed by atoms with E-state index in [4.69, 9.17) is 0 Å². The van der Waals surface area contributed by atoms with Gasteiger partial charge in [-0.2, -0.15) is 72.4 Å². The second-order valence-electron chi connectivity index (χ2n) is 5.10. The van der Waals surface area contributed by atoms with E-state index in [-0.39, 0.29) is 17.4 Å². The van der Waals surface area contributed by atoms with E-state index in [1.54, 1.807) is 0 Å². The van der Waals surface area contributed by atoms with Crippen LogP contribution in [-0.2, 0) is 17.4 Å². The zero-order valence-corrected chi connectivity index (χ0v) is 16.6. The van der Waals surface area contributed by atoms with Gasteiger partial charge in [-0.3, -0.25) is 0 Å². The number of hydrogen-bond acceptors (Lipinski definition) is 0. The minimum absolute atomic E-state index is 0. The first-order valence-electron chi connectivity index (χ1n) is 8.33. The summed E-state index contributed by atoms with van der Waals surface area (Å²) in [7, 11) is 0. The summed E-state index contributed by atoms with van der Waals surface area (Å²) in [4.78, 5) is 0. The van der Waals surface area contributed by atoms with Gasteiger partial charge in [-0.25, -0.2) is 0 Å². The first kappa shape index (κ1) is 22.8. The van der Waals surface area contributed by atoms with Crippen molar-refractivity contribution in [2.24, 2.45) is 0 Å². The first-order chi connectivity index (χ1) is 11.8. The molecule has 3 aromatic rings. The number of rotatable bonds is 3. The van der Waals surface area contributed by atoms with Crippen LogP contribution in [0.3, 0.4) is 0 Å². The molecule has 0 bridgehead atoms. The minimum atomic E-state index is 0. The Morgan fingerprint density at radius 2 is 0.600 bits per heavy atom. The average Bonchev–Trinajstić information content (AvgIpc) is 2.71. The molecule has 0 aromatic heterocycles. The molecule has 0 nitrogen and oxygen atoms in total. The number of benzene rings is 3. The Morgan fingerprint density at radius 3 is 0.720 bits per heavy atom. The molecule has 1 radical (unpaired) electrons. The molecule has 0 aliphatic heterocycles. The maximum absolute atomic E-state index is 2.08. The molecule has 0 N–H and O–H groups in total. The van der Waals surface area contributed by atoms with E-state index in [0.717, 1.165) is 0 Å². The van der Waals surface area contributed by atoms with Gasteiger partial charge in [0.25, 0.3) is 0 Å². The molecule has 0 heterocycles. The van der Waals surface area contributed by atoms with Crippen molar-refractivity contribution in [2.45, 2.75) is 20.8 Å². The zero-order chi connectivity index (χ0) is 17.5. The molecule has 0 saturated heterocycles. The van der Waals surface area contributed by atoms with Crippen LogP contribution < -0.4 is 0 Å². The van der Waals surface area contributed by atoms with Crippen LogP contribution in [0, 0.1) is 19.3 Å². The molecule has 0 unspecified atom stereocenters. The van der Waals surface area contributed by atoms with Crippen LogP contribution >= 0.6 is 0 Å². The quantitative estimate of drug-likeness (QED) is 0.448. The monoisotopic (exact) mass is 367 g/mol. The van der Waals surface area contributed by atoms with E-state index >= 15 is 0 Å². The molecule has 0 amide bonds. The Morgan fingerprint density at radius 1 is 0.400 bits per heavy atom. The SMILES string of the molecule is C[CH-]c1ccccc1.C[CH-]c1ccccc1.C[CH-]c1ccccc1.[Cr+3]. The molecule has 0 aliphatic rings. The molecule has 0 fully saturated rings. The van der Waals surface area contributed by atoms with Crippen molar-refractivity contribution >= 4 is 0 Å². The average molecular weight is 367 g/mol. The third-order valence-corrected chi connectivity index (χ3v) is 3.40. The fourth-order valence-corrected chi connectivity index (χ4v) is 1.94. The Hall–Kier alpha value is -2.20. The predicted molar refractivity (Wildman–Crippen MR) is 107 cm³/mol. The molecular formula is C24H27Cr. The van der Waals surface area contributed by atoms with Gasteiger partial charge in [-0.15, -0.1) is 36.4 Å². The van der Waals surface area contributed by atoms with Crippen molar-refractivity contribution in [3.05, 3.63) is 127 Å². The molecule has 1 heteroatoms. The van der Waals surface area contributed by atoms with E-state index in [2.05, 4.69) is 55.7 Å². The number of hydrogen-bond donors (Lipinski definition) is 0. The summed E-state index contributed by atoms with van der Waals surface area (Å²) in [6.07, 6.45) is 6.25. The Labute approximate surface area is 165 Å². The van der Waals surface area contributed by atoms with E-state index < -0.39 is 0 Å². The van der Waals surface area contributed by atoms with Crippen molar-refractivity contribution in [1.29, 1.82) is 0 Å². The summed E-state index contributed by atoms with van der Waals surface area (Å²) >= 11 is 0. The van der Waals surface area contributed by atoms with Gasteiger partial charge in [0, 0.05) is 0 Å². The second-order valence-corrected chi connectivity index (χ2v) is 5.10. The van der Waals surface area contributed by atoms with Gasteiger partial charge in [0.15, 0.2) is 0 Å². The molecule has 0 saturated carbocycles. The summed E-state index contributed by atoms with van der Waals surface area (Å²) in [5, 5.41) is 0. The normalized spacial score (nSPS) is 8.28. The smallest absolute Gasteiger partial charge is 0.192 e. The van der Waals surface area contributed by atoms with Crippen LogP contribution in [0.15, 0.2) is 91.0 Å². The van der Waals surface area contributed by atoms with Crippen LogP contribution in [0.25, 0.3) is 0 Å².